The van der Waals surface area contributed by atoms with Gasteiger partial charge in [0.15, 0.2) is 0 Å². The molecule has 70 valence electrons. The van der Waals surface area contributed by atoms with E-state index >= 15 is 0 Å². The van der Waals surface area contributed by atoms with Crippen LogP contribution in [0.2, 0.25) is 0 Å². The third-order valence-electron chi connectivity index (χ3n) is 3.38. The number of hydrogen-bond donors (Lipinski definition) is 0. The quantitative estimate of drug-likeness (QED) is 0.606. The fourth-order valence-corrected chi connectivity index (χ4v) is 2.76. The summed E-state index contributed by atoms with van der Waals surface area (Å²) in [6.07, 6.45) is 7.66. The van der Waals surface area contributed by atoms with Crippen LogP contribution in [-0.4, -0.2) is 18.1 Å². The van der Waals surface area contributed by atoms with E-state index in [-0.39, 0.29) is 0 Å². The Morgan fingerprint density at radius 1 is 1.42 bits per heavy atom. The highest BCUT2D eigenvalue weighted by molar-refractivity contribution is 6.17. The first-order valence-corrected chi connectivity index (χ1v) is 5.58. The monoisotopic (exact) mass is 188 g/mol. The summed E-state index contributed by atoms with van der Waals surface area (Å²) in [4.78, 5) is 0. The molecule has 1 spiro atoms. The van der Waals surface area contributed by atoms with Crippen LogP contribution in [0.5, 0.6) is 0 Å². The minimum atomic E-state index is 0.314. The Hall–Kier alpha value is 0.250. The summed E-state index contributed by atoms with van der Waals surface area (Å²) < 4.78 is 5.83. The molecule has 0 N–H and O–H groups in total. The zero-order chi connectivity index (χ0) is 8.44. The molecule has 1 saturated heterocycles. The number of ether oxygens (including phenoxy) is 1. The van der Waals surface area contributed by atoms with Gasteiger partial charge in [0.2, 0.25) is 0 Å². The second-order valence-corrected chi connectivity index (χ2v) is 4.60. The molecule has 0 aromatic heterocycles. The van der Waals surface area contributed by atoms with E-state index < -0.39 is 0 Å². The smallest absolute Gasteiger partial charge is 0.0685 e. The second-order valence-electron chi connectivity index (χ2n) is 4.22. The molecule has 2 aliphatic rings. The summed E-state index contributed by atoms with van der Waals surface area (Å²) in [7, 11) is 0. The molecule has 1 nitrogen and oxygen atoms in total. The summed E-state index contributed by atoms with van der Waals surface area (Å²) in [5.41, 5.74) is 0.314. The highest BCUT2D eigenvalue weighted by Gasteiger charge is 2.42. The lowest BCUT2D eigenvalue weighted by atomic mass is 9.71. The average Bonchev–Trinajstić information content (AvgIpc) is 2.03. The first kappa shape index (κ1) is 8.83. The fraction of sp³-hybridized carbons (Fsp3) is 1.00. The molecule has 12 heavy (non-hydrogen) atoms. The molecule has 1 unspecified atom stereocenters. The first-order chi connectivity index (χ1) is 5.85. The Morgan fingerprint density at radius 3 is 2.83 bits per heavy atom. The third-order valence-corrected chi connectivity index (χ3v) is 3.60. The molecule has 1 aliphatic heterocycles. The summed E-state index contributed by atoms with van der Waals surface area (Å²) in [5, 5.41) is 0. The number of halogens is 1. The minimum Gasteiger partial charge on any atom is -0.375 e. The van der Waals surface area contributed by atoms with Crippen LogP contribution >= 0.6 is 11.6 Å². The van der Waals surface area contributed by atoms with E-state index in [2.05, 4.69) is 0 Å². The molecule has 1 saturated carbocycles. The van der Waals surface area contributed by atoms with Gasteiger partial charge in [0.25, 0.3) is 0 Å². The largest absolute Gasteiger partial charge is 0.375 e. The molecule has 2 heteroatoms. The topological polar surface area (TPSA) is 9.23 Å². The van der Waals surface area contributed by atoms with Gasteiger partial charge < -0.3 is 4.74 Å². The molecule has 2 rings (SSSR count). The van der Waals surface area contributed by atoms with Crippen molar-refractivity contribution < 1.29 is 4.74 Å². The van der Waals surface area contributed by atoms with Crippen LogP contribution in [0, 0.1) is 5.92 Å². The molecule has 0 amide bonds. The van der Waals surface area contributed by atoms with Gasteiger partial charge in [0.1, 0.15) is 0 Å². The average molecular weight is 189 g/mol. The highest BCUT2D eigenvalue weighted by atomic mass is 35.5. The van der Waals surface area contributed by atoms with E-state index in [1.54, 1.807) is 0 Å². The van der Waals surface area contributed by atoms with Gasteiger partial charge in [-0.2, -0.15) is 0 Å². The van der Waals surface area contributed by atoms with Crippen LogP contribution in [-0.2, 0) is 4.74 Å². The summed E-state index contributed by atoms with van der Waals surface area (Å²) in [6, 6.07) is 0. The lowest BCUT2D eigenvalue weighted by molar-refractivity contribution is -0.143. The van der Waals surface area contributed by atoms with E-state index in [1.807, 2.05) is 0 Å². The van der Waals surface area contributed by atoms with Crippen LogP contribution < -0.4 is 0 Å². The van der Waals surface area contributed by atoms with Crippen molar-refractivity contribution in [1.82, 2.24) is 0 Å². The van der Waals surface area contributed by atoms with Gasteiger partial charge in [0, 0.05) is 12.5 Å². The Morgan fingerprint density at radius 2 is 2.25 bits per heavy atom. The van der Waals surface area contributed by atoms with Crippen LogP contribution in [0.25, 0.3) is 0 Å². The molecule has 0 aromatic rings. The van der Waals surface area contributed by atoms with E-state index in [4.69, 9.17) is 16.3 Å². The standard InChI is InChI=1S/C10H17ClO/c11-6-2-9-3-7-12-10(8-9)4-1-5-10/h9H,1-8H2. The van der Waals surface area contributed by atoms with E-state index in [9.17, 15) is 0 Å². The van der Waals surface area contributed by atoms with Gasteiger partial charge in [-0.25, -0.2) is 0 Å². The maximum Gasteiger partial charge on any atom is 0.0685 e. The van der Waals surface area contributed by atoms with Gasteiger partial charge in [-0.3, -0.25) is 0 Å². The molecule has 1 aliphatic carbocycles. The van der Waals surface area contributed by atoms with E-state index in [0.717, 1.165) is 18.4 Å². The van der Waals surface area contributed by atoms with Crippen LogP contribution in [0.1, 0.15) is 38.5 Å². The molecule has 0 radical (unpaired) electrons. The van der Waals surface area contributed by atoms with E-state index in [1.165, 1.54) is 38.5 Å². The molecule has 0 bridgehead atoms. The lowest BCUT2D eigenvalue weighted by Crippen LogP contribution is -2.45. The zero-order valence-electron chi connectivity index (χ0n) is 7.52. The van der Waals surface area contributed by atoms with Gasteiger partial charge in [-0.05, 0) is 44.4 Å². The van der Waals surface area contributed by atoms with Crippen LogP contribution in [0.3, 0.4) is 0 Å². The molecule has 1 atom stereocenters. The molecule has 2 fully saturated rings. The number of alkyl halides is 1. The first-order valence-electron chi connectivity index (χ1n) is 5.05. The highest BCUT2D eigenvalue weighted by Crippen LogP contribution is 2.44. The van der Waals surface area contributed by atoms with Crippen molar-refractivity contribution in [3.8, 4) is 0 Å². The maximum absolute atomic E-state index is 5.83. The van der Waals surface area contributed by atoms with Crippen LogP contribution in [0.4, 0.5) is 0 Å². The van der Waals surface area contributed by atoms with Crippen molar-refractivity contribution in [2.75, 3.05) is 12.5 Å². The predicted molar refractivity (Wildman–Crippen MR) is 50.6 cm³/mol. The maximum atomic E-state index is 5.83. The Kier molecular flexibility index (Phi) is 2.61. The summed E-state index contributed by atoms with van der Waals surface area (Å²) in [6.45, 7) is 0.974. The molecular weight excluding hydrogens is 172 g/mol. The van der Waals surface area contributed by atoms with Gasteiger partial charge in [0.05, 0.1) is 5.60 Å². The Labute approximate surface area is 79.4 Å². The zero-order valence-corrected chi connectivity index (χ0v) is 8.28. The summed E-state index contributed by atoms with van der Waals surface area (Å²) in [5.74, 6) is 1.66. The Balaban J connectivity index is 1.85. The van der Waals surface area contributed by atoms with E-state index in [0.29, 0.717) is 5.60 Å². The van der Waals surface area contributed by atoms with Gasteiger partial charge in [-0.15, -0.1) is 11.6 Å². The Bertz CT molecular complexity index is 152. The molecular formula is C10H17ClO. The van der Waals surface area contributed by atoms with Gasteiger partial charge in [-0.1, -0.05) is 0 Å². The second kappa shape index (κ2) is 3.55. The fourth-order valence-electron chi connectivity index (χ4n) is 2.45. The minimum absolute atomic E-state index is 0.314. The van der Waals surface area contributed by atoms with Crippen molar-refractivity contribution in [3.63, 3.8) is 0 Å². The van der Waals surface area contributed by atoms with Crippen molar-refractivity contribution in [1.29, 1.82) is 0 Å². The van der Waals surface area contributed by atoms with Crippen LogP contribution in [0.15, 0.2) is 0 Å². The number of hydrogen-bond acceptors (Lipinski definition) is 1. The van der Waals surface area contributed by atoms with Crippen molar-refractivity contribution in [2.45, 2.75) is 44.1 Å². The SMILES string of the molecule is ClCCC1CCOC2(CCC2)C1. The molecule has 1 heterocycles. The van der Waals surface area contributed by atoms with Crippen molar-refractivity contribution in [2.24, 2.45) is 5.92 Å². The predicted octanol–water partition coefficient (Wildman–Crippen LogP) is 2.96. The normalized spacial score (nSPS) is 33.2. The van der Waals surface area contributed by atoms with Crippen molar-refractivity contribution in [3.05, 3.63) is 0 Å². The van der Waals surface area contributed by atoms with Gasteiger partial charge >= 0.3 is 0 Å². The summed E-state index contributed by atoms with van der Waals surface area (Å²) >= 11 is 5.75. The number of rotatable bonds is 2. The lowest BCUT2D eigenvalue weighted by Gasteiger charge is -2.47. The molecule has 0 aromatic carbocycles. The van der Waals surface area contributed by atoms with Crippen molar-refractivity contribution >= 4 is 11.6 Å². The third kappa shape index (κ3) is 1.62.